The van der Waals surface area contributed by atoms with Crippen molar-refractivity contribution in [1.82, 2.24) is 10.2 Å². The zero-order valence-corrected chi connectivity index (χ0v) is 14.1. The van der Waals surface area contributed by atoms with Gasteiger partial charge in [0.2, 0.25) is 5.91 Å². The fourth-order valence-corrected chi connectivity index (χ4v) is 2.72. The molecule has 6 nitrogen and oxygen atoms in total. The second-order valence-electron chi connectivity index (χ2n) is 6.11. The molecule has 0 aromatic heterocycles. The van der Waals surface area contributed by atoms with Gasteiger partial charge in [-0.1, -0.05) is 6.07 Å². The summed E-state index contributed by atoms with van der Waals surface area (Å²) in [5.41, 5.74) is -0.788. The summed E-state index contributed by atoms with van der Waals surface area (Å²) < 4.78 is 43.0. The van der Waals surface area contributed by atoms with E-state index in [0.29, 0.717) is 25.9 Å². The summed E-state index contributed by atoms with van der Waals surface area (Å²) >= 11 is 0. The van der Waals surface area contributed by atoms with E-state index in [1.54, 1.807) is 0 Å². The summed E-state index contributed by atoms with van der Waals surface area (Å²) in [5, 5.41) is 11.6. The summed E-state index contributed by atoms with van der Waals surface area (Å²) in [5.74, 6) is -1.30. The molecule has 0 unspecified atom stereocenters. The Kier molecular flexibility index (Phi) is 6.84. The molecule has 0 bridgehead atoms. The number of piperidine rings is 1. The summed E-state index contributed by atoms with van der Waals surface area (Å²) in [4.78, 5) is 24.6. The Hall–Kier alpha value is -2.29. The van der Waals surface area contributed by atoms with E-state index in [4.69, 9.17) is 9.84 Å². The van der Waals surface area contributed by atoms with Gasteiger partial charge in [0, 0.05) is 0 Å². The number of carboxylic acid groups (broad SMARTS) is 1. The molecule has 1 saturated heterocycles. The van der Waals surface area contributed by atoms with Crippen LogP contribution in [0, 0.1) is 5.92 Å². The standard InChI is InChI=1S/C17H21F3N2O4/c18-17(19,20)13-2-1-3-14(10-13)26-9-6-21-15(23)11-22-7-4-12(5-8-22)16(24)25/h1-3,10,12H,4-9,11H2,(H,21,23)(H,24,25). The van der Waals surface area contributed by atoms with Gasteiger partial charge in [0.25, 0.3) is 0 Å². The number of benzene rings is 1. The summed E-state index contributed by atoms with van der Waals surface area (Å²) in [6.45, 7) is 1.47. The first-order valence-corrected chi connectivity index (χ1v) is 8.27. The van der Waals surface area contributed by atoms with Gasteiger partial charge in [-0.15, -0.1) is 0 Å². The molecule has 0 spiro atoms. The van der Waals surface area contributed by atoms with E-state index in [1.165, 1.54) is 12.1 Å². The Morgan fingerprint density at radius 3 is 2.58 bits per heavy atom. The molecule has 1 heterocycles. The molecule has 2 rings (SSSR count). The monoisotopic (exact) mass is 374 g/mol. The molecule has 26 heavy (non-hydrogen) atoms. The number of nitrogens with zero attached hydrogens (tertiary/aromatic N) is 1. The van der Waals surface area contributed by atoms with E-state index >= 15 is 0 Å². The maximum absolute atomic E-state index is 12.6. The number of carbonyl (C=O) groups is 2. The molecule has 1 aliphatic rings. The van der Waals surface area contributed by atoms with Gasteiger partial charge < -0.3 is 15.2 Å². The topological polar surface area (TPSA) is 78.9 Å². The van der Waals surface area contributed by atoms with Crippen LogP contribution in [0.1, 0.15) is 18.4 Å². The molecule has 1 aromatic carbocycles. The third-order valence-corrected chi connectivity index (χ3v) is 4.16. The quantitative estimate of drug-likeness (QED) is 0.714. The molecule has 1 amide bonds. The van der Waals surface area contributed by atoms with Crippen LogP contribution in [-0.4, -0.2) is 54.7 Å². The average molecular weight is 374 g/mol. The highest BCUT2D eigenvalue weighted by Gasteiger charge is 2.30. The number of rotatable bonds is 7. The van der Waals surface area contributed by atoms with Gasteiger partial charge in [-0.05, 0) is 44.1 Å². The Bertz CT molecular complexity index is 629. The van der Waals surface area contributed by atoms with Crippen LogP contribution in [0.4, 0.5) is 13.2 Å². The maximum Gasteiger partial charge on any atom is 0.416 e. The van der Waals surface area contributed by atoms with E-state index in [9.17, 15) is 22.8 Å². The Morgan fingerprint density at radius 1 is 1.27 bits per heavy atom. The summed E-state index contributed by atoms with van der Waals surface area (Å²) in [6, 6.07) is 4.55. The number of carboxylic acids is 1. The lowest BCUT2D eigenvalue weighted by molar-refractivity contribution is -0.143. The highest BCUT2D eigenvalue weighted by Crippen LogP contribution is 2.31. The number of hydrogen-bond acceptors (Lipinski definition) is 4. The number of aliphatic carboxylic acids is 1. The molecule has 2 N–H and O–H groups in total. The second kappa shape index (κ2) is 8.88. The zero-order valence-electron chi connectivity index (χ0n) is 14.1. The molecule has 9 heteroatoms. The molecule has 1 aliphatic heterocycles. The highest BCUT2D eigenvalue weighted by atomic mass is 19.4. The molecule has 144 valence electrons. The van der Waals surface area contributed by atoms with Crippen molar-refractivity contribution in [2.45, 2.75) is 19.0 Å². The third-order valence-electron chi connectivity index (χ3n) is 4.16. The number of ether oxygens (including phenoxy) is 1. The van der Waals surface area contributed by atoms with Crippen molar-refractivity contribution in [3.05, 3.63) is 29.8 Å². The van der Waals surface area contributed by atoms with Gasteiger partial charge in [-0.2, -0.15) is 13.2 Å². The number of hydrogen-bond donors (Lipinski definition) is 2. The van der Waals surface area contributed by atoms with Crippen LogP contribution in [0.15, 0.2) is 24.3 Å². The van der Waals surface area contributed by atoms with Crippen molar-refractivity contribution >= 4 is 11.9 Å². The van der Waals surface area contributed by atoms with Crippen LogP contribution in [0.2, 0.25) is 0 Å². The van der Waals surface area contributed by atoms with Crippen LogP contribution < -0.4 is 10.1 Å². The average Bonchev–Trinajstić information content (AvgIpc) is 2.59. The summed E-state index contributed by atoms with van der Waals surface area (Å²) in [6.07, 6.45) is -3.40. The minimum absolute atomic E-state index is 0.0497. The minimum Gasteiger partial charge on any atom is -0.492 e. The predicted molar refractivity (Wildman–Crippen MR) is 86.7 cm³/mol. The van der Waals surface area contributed by atoms with Crippen molar-refractivity contribution < 1.29 is 32.6 Å². The molecule has 0 aliphatic carbocycles. The van der Waals surface area contributed by atoms with E-state index in [-0.39, 0.29) is 37.3 Å². The van der Waals surface area contributed by atoms with Gasteiger partial charge in [-0.3, -0.25) is 14.5 Å². The van der Waals surface area contributed by atoms with Crippen LogP contribution in [0.3, 0.4) is 0 Å². The van der Waals surface area contributed by atoms with Crippen molar-refractivity contribution in [3.63, 3.8) is 0 Å². The molecule has 1 fully saturated rings. The fourth-order valence-electron chi connectivity index (χ4n) is 2.72. The molecular formula is C17H21F3N2O4. The lowest BCUT2D eigenvalue weighted by Gasteiger charge is -2.29. The van der Waals surface area contributed by atoms with Gasteiger partial charge in [0.05, 0.1) is 24.6 Å². The van der Waals surface area contributed by atoms with Crippen LogP contribution in [0.5, 0.6) is 5.75 Å². The van der Waals surface area contributed by atoms with E-state index in [1.807, 2.05) is 4.90 Å². The van der Waals surface area contributed by atoms with Gasteiger partial charge in [0.15, 0.2) is 0 Å². The predicted octanol–water partition coefficient (Wildman–Crippen LogP) is 2.00. The molecular weight excluding hydrogens is 353 g/mol. The van der Waals surface area contributed by atoms with Crippen LogP contribution in [-0.2, 0) is 15.8 Å². The largest absolute Gasteiger partial charge is 0.492 e. The first-order valence-electron chi connectivity index (χ1n) is 8.27. The third kappa shape index (κ3) is 6.21. The number of halogens is 3. The summed E-state index contributed by atoms with van der Waals surface area (Å²) in [7, 11) is 0. The smallest absolute Gasteiger partial charge is 0.416 e. The Labute approximate surface area is 148 Å². The van der Waals surface area contributed by atoms with Gasteiger partial charge >= 0.3 is 12.1 Å². The fraction of sp³-hybridized carbons (Fsp3) is 0.529. The normalized spacial score (nSPS) is 16.3. The van der Waals surface area contributed by atoms with E-state index in [2.05, 4.69) is 5.32 Å². The maximum atomic E-state index is 12.6. The van der Waals surface area contributed by atoms with Gasteiger partial charge in [0.1, 0.15) is 12.4 Å². The van der Waals surface area contributed by atoms with Crippen molar-refractivity contribution in [2.24, 2.45) is 5.92 Å². The zero-order chi connectivity index (χ0) is 19.2. The van der Waals surface area contributed by atoms with Crippen molar-refractivity contribution in [3.8, 4) is 5.75 Å². The van der Waals surface area contributed by atoms with Crippen molar-refractivity contribution in [2.75, 3.05) is 32.8 Å². The molecule has 0 saturated carbocycles. The Balaban J connectivity index is 1.66. The first kappa shape index (κ1) is 20.0. The lowest BCUT2D eigenvalue weighted by Crippen LogP contribution is -2.43. The number of nitrogens with one attached hydrogen (secondary N) is 1. The van der Waals surface area contributed by atoms with Crippen LogP contribution in [0.25, 0.3) is 0 Å². The number of amides is 1. The lowest BCUT2D eigenvalue weighted by atomic mass is 9.97. The number of likely N-dealkylation sites (tertiary alicyclic amines) is 1. The van der Waals surface area contributed by atoms with Crippen LogP contribution >= 0.6 is 0 Å². The first-order chi connectivity index (χ1) is 12.3. The van der Waals surface area contributed by atoms with E-state index in [0.717, 1.165) is 12.1 Å². The molecule has 0 atom stereocenters. The number of carbonyl (C=O) groups excluding carboxylic acids is 1. The SMILES string of the molecule is O=C(CN1CCC(C(=O)O)CC1)NCCOc1cccc(C(F)(F)F)c1. The van der Waals surface area contributed by atoms with Crippen molar-refractivity contribution in [1.29, 1.82) is 0 Å². The molecule has 1 aromatic rings. The Morgan fingerprint density at radius 2 is 1.96 bits per heavy atom. The molecule has 0 radical (unpaired) electrons. The van der Waals surface area contributed by atoms with E-state index < -0.39 is 17.7 Å². The number of alkyl halides is 3. The van der Waals surface area contributed by atoms with Gasteiger partial charge in [-0.25, -0.2) is 0 Å². The highest BCUT2D eigenvalue weighted by molar-refractivity contribution is 5.78. The minimum atomic E-state index is -4.43. The second-order valence-corrected chi connectivity index (χ2v) is 6.11.